The summed E-state index contributed by atoms with van der Waals surface area (Å²) in [5.41, 5.74) is -0.593. The summed E-state index contributed by atoms with van der Waals surface area (Å²) in [6.45, 7) is 0. The summed E-state index contributed by atoms with van der Waals surface area (Å²) in [5, 5.41) is 0.117. The van der Waals surface area contributed by atoms with Crippen molar-refractivity contribution in [3.05, 3.63) is 34.2 Å². The van der Waals surface area contributed by atoms with Crippen LogP contribution in [0.1, 0.15) is 5.56 Å². The molecule has 16 heavy (non-hydrogen) atoms. The zero-order chi connectivity index (χ0) is 11.9. The molecule has 0 aliphatic heterocycles. The zero-order valence-corrected chi connectivity index (χ0v) is 9.03. The first-order valence-corrected chi connectivity index (χ1v) is 4.82. The number of hydrogen-bond acceptors (Lipinski definition) is 2. The first kappa shape index (κ1) is 11.4. The first-order chi connectivity index (χ1) is 7.38. The van der Waals surface area contributed by atoms with Crippen LogP contribution in [0.4, 0.5) is 13.2 Å². The van der Waals surface area contributed by atoms with Crippen LogP contribution >= 0.6 is 23.2 Å². The molecule has 0 atom stereocenters. The Balaban J connectivity index is 2.72. The topological polar surface area (TPSA) is 25.8 Å². The van der Waals surface area contributed by atoms with Crippen LogP contribution < -0.4 is 0 Å². The largest absolute Gasteiger partial charge is 0.417 e. The van der Waals surface area contributed by atoms with E-state index in [0.717, 1.165) is 12.3 Å². The van der Waals surface area contributed by atoms with Gasteiger partial charge in [0, 0.05) is 17.6 Å². The highest BCUT2D eigenvalue weighted by molar-refractivity contribution is 6.36. The van der Waals surface area contributed by atoms with E-state index in [-0.39, 0.29) is 21.2 Å². The van der Waals surface area contributed by atoms with Crippen LogP contribution in [0.2, 0.25) is 10.3 Å². The van der Waals surface area contributed by atoms with Crippen LogP contribution in [-0.2, 0) is 6.18 Å². The van der Waals surface area contributed by atoms with Crippen LogP contribution in [-0.4, -0.2) is 9.97 Å². The number of aromatic nitrogens is 2. The van der Waals surface area contributed by atoms with Crippen LogP contribution in [0.5, 0.6) is 0 Å². The Kier molecular flexibility index (Phi) is 2.67. The van der Waals surface area contributed by atoms with E-state index in [1.54, 1.807) is 0 Å². The summed E-state index contributed by atoms with van der Waals surface area (Å²) >= 11 is 11.3. The van der Waals surface area contributed by atoms with Gasteiger partial charge in [-0.3, -0.25) is 4.98 Å². The molecule has 0 aromatic carbocycles. The van der Waals surface area contributed by atoms with Gasteiger partial charge in [0.15, 0.2) is 0 Å². The third kappa shape index (κ3) is 2.05. The smallest absolute Gasteiger partial charge is 0.255 e. The van der Waals surface area contributed by atoms with Gasteiger partial charge in [-0.25, -0.2) is 4.98 Å². The quantitative estimate of drug-likeness (QED) is 0.675. The van der Waals surface area contributed by atoms with Crippen LogP contribution in [0.15, 0.2) is 18.3 Å². The lowest BCUT2D eigenvalue weighted by atomic mass is 10.2. The van der Waals surface area contributed by atoms with Crippen molar-refractivity contribution in [1.82, 2.24) is 9.97 Å². The predicted octanol–water partition coefficient (Wildman–Crippen LogP) is 3.96. The van der Waals surface area contributed by atoms with Crippen LogP contribution in [0.3, 0.4) is 0 Å². The molecule has 0 amide bonds. The summed E-state index contributed by atoms with van der Waals surface area (Å²) in [6.07, 6.45) is -3.72. The van der Waals surface area contributed by atoms with Crippen molar-refractivity contribution in [2.24, 2.45) is 0 Å². The van der Waals surface area contributed by atoms with Gasteiger partial charge in [-0.15, -0.1) is 0 Å². The molecule has 0 saturated carbocycles. The minimum absolute atomic E-state index is 0.0877. The van der Waals surface area contributed by atoms with Crippen molar-refractivity contribution in [3.63, 3.8) is 0 Å². The summed E-state index contributed by atoms with van der Waals surface area (Å²) in [6, 6.07) is 2.25. The van der Waals surface area contributed by atoms with E-state index in [1.165, 1.54) is 6.07 Å². The summed E-state index contributed by atoms with van der Waals surface area (Å²) in [5.74, 6) is 0. The monoisotopic (exact) mass is 266 g/mol. The molecule has 2 aromatic heterocycles. The predicted molar refractivity (Wildman–Crippen MR) is 54.6 cm³/mol. The fourth-order valence-corrected chi connectivity index (χ4v) is 1.68. The molecular formula is C9H3Cl2F3N2. The Morgan fingerprint density at radius 3 is 2.44 bits per heavy atom. The van der Waals surface area contributed by atoms with E-state index in [9.17, 15) is 13.2 Å². The molecular weight excluding hydrogens is 264 g/mol. The number of hydrogen-bond donors (Lipinski definition) is 0. The molecule has 2 rings (SSSR count). The average molecular weight is 267 g/mol. The number of pyridine rings is 2. The van der Waals surface area contributed by atoms with Crippen molar-refractivity contribution in [2.45, 2.75) is 6.18 Å². The highest BCUT2D eigenvalue weighted by atomic mass is 35.5. The van der Waals surface area contributed by atoms with E-state index < -0.39 is 11.7 Å². The normalized spacial score (nSPS) is 12.1. The molecule has 0 fully saturated rings. The number of fused-ring (bicyclic) bond motifs is 1. The Morgan fingerprint density at radius 1 is 1.12 bits per heavy atom. The Morgan fingerprint density at radius 2 is 1.81 bits per heavy atom. The Bertz CT molecular complexity index is 554. The summed E-state index contributed by atoms with van der Waals surface area (Å²) in [4.78, 5) is 7.29. The van der Waals surface area contributed by atoms with E-state index >= 15 is 0 Å². The number of rotatable bonds is 0. The standard InChI is InChI=1S/C9H3Cl2F3N2/c10-7-2-6-5(8(11)16-7)1-4(3-15-6)9(12,13)14/h1-3H. The van der Waals surface area contributed by atoms with E-state index in [2.05, 4.69) is 9.97 Å². The fraction of sp³-hybridized carbons (Fsp3) is 0.111. The molecule has 0 N–H and O–H groups in total. The second-order valence-electron chi connectivity index (χ2n) is 3.02. The summed E-state index contributed by atoms with van der Waals surface area (Å²) in [7, 11) is 0. The van der Waals surface area contributed by atoms with Gasteiger partial charge < -0.3 is 0 Å². The molecule has 0 saturated heterocycles. The van der Waals surface area contributed by atoms with Crippen molar-refractivity contribution >= 4 is 34.1 Å². The van der Waals surface area contributed by atoms with Crippen LogP contribution in [0.25, 0.3) is 10.9 Å². The van der Waals surface area contributed by atoms with Gasteiger partial charge in [0.1, 0.15) is 10.3 Å². The first-order valence-electron chi connectivity index (χ1n) is 4.07. The Labute approximate surface area is 98.0 Å². The lowest BCUT2D eigenvalue weighted by molar-refractivity contribution is -0.137. The van der Waals surface area contributed by atoms with Gasteiger partial charge in [-0.05, 0) is 6.07 Å². The zero-order valence-electron chi connectivity index (χ0n) is 7.52. The SMILES string of the molecule is FC(F)(F)c1cnc2cc(Cl)nc(Cl)c2c1. The molecule has 0 bridgehead atoms. The molecule has 2 heterocycles. The van der Waals surface area contributed by atoms with E-state index in [0.29, 0.717) is 0 Å². The minimum atomic E-state index is -4.45. The lowest BCUT2D eigenvalue weighted by Gasteiger charge is -2.07. The maximum absolute atomic E-state index is 12.4. The number of alkyl halides is 3. The molecule has 0 radical (unpaired) electrons. The van der Waals surface area contributed by atoms with Gasteiger partial charge in [-0.2, -0.15) is 13.2 Å². The molecule has 2 aromatic rings. The molecule has 0 unspecified atom stereocenters. The molecule has 2 nitrogen and oxygen atoms in total. The van der Waals surface area contributed by atoms with Gasteiger partial charge in [0.2, 0.25) is 0 Å². The number of halogens is 5. The lowest BCUT2D eigenvalue weighted by Crippen LogP contribution is -2.05. The van der Waals surface area contributed by atoms with Crippen molar-refractivity contribution in [2.75, 3.05) is 0 Å². The summed E-state index contributed by atoms with van der Waals surface area (Å²) < 4.78 is 37.2. The maximum atomic E-state index is 12.4. The third-order valence-corrected chi connectivity index (χ3v) is 2.41. The molecule has 7 heteroatoms. The van der Waals surface area contributed by atoms with Gasteiger partial charge in [0.25, 0.3) is 0 Å². The second kappa shape index (κ2) is 3.75. The van der Waals surface area contributed by atoms with Crippen LogP contribution in [0, 0.1) is 0 Å². The number of nitrogens with zero attached hydrogens (tertiary/aromatic N) is 2. The van der Waals surface area contributed by atoms with E-state index in [1.807, 2.05) is 0 Å². The molecule has 84 valence electrons. The minimum Gasteiger partial charge on any atom is -0.255 e. The highest BCUT2D eigenvalue weighted by Crippen LogP contribution is 2.32. The van der Waals surface area contributed by atoms with Crippen molar-refractivity contribution in [3.8, 4) is 0 Å². The average Bonchev–Trinajstić information content (AvgIpc) is 2.15. The highest BCUT2D eigenvalue weighted by Gasteiger charge is 2.31. The fourth-order valence-electron chi connectivity index (χ4n) is 1.21. The van der Waals surface area contributed by atoms with Crippen molar-refractivity contribution < 1.29 is 13.2 Å². The van der Waals surface area contributed by atoms with Crippen molar-refractivity contribution in [1.29, 1.82) is 0 Å². The maximum Gasteiger partial charge on any atom is 0.417 e. The second-order valence-corrected chi connectivity index (χ2v) is 3.77. The molecule has 0 spiro atoms. The van der Waals surface area contributed by atoms with Gasteiger partial charge in [-0.1, -0.05) is 23.2 Å². The molecule has 0 aliphatic carbocycles. The van der Waals surface area contributed by atoms with Gasteiger partial charge in [0.05, 0.1) is 11.1 Å². The van der Waals surface area contributed by atoms with E-state index in [4.69, 9.17) is 23.2 Å². The third-order valence-electron chi connectivity index (χ3n) is 1.93. The van der Waals surface area contributed by atoms with Gasteiger partial charge >= 0.3 is 6.18 Å². The molecule has 0 aliphatic rings. The Hall–Kier alpha value is -1.07.